The van der Waals surface area contributed by atoms with Gasteiger partial charge in [-0.25, -0.2) is 22.5 Å². The number of primary amides is 2. The Morgan fingerprint density at radius 1 is 0.653 bits per heavy atom. The van der Waals surface area contributed by atoms with E-state index in [0.29, 0.717) is 48.6 Å². The number of amides is 4. The van der Waals surface area contributed by atoms with Crippen LogP contribution in [0, 0.1) is 52.0 Å². The predicted octanol–water partition coefficient (Wildman–Crippen LogP) is 5.16. The van der Waals surface area contributed by atoms with E-state index in [4.69, 9.17) is 22.9 Å². The average Bonchev–Trinajstić information content (AvgIpc) is 4.18. The van der Waals surface area contributed by atoms with Gasteiger partial charge in [0, 0.05) is 60.8 Å². The SMILES string of the molecule is C.CC#CC(=O)N1CCC2(CC(n3nc(-c4cnn(Cc5cccc(F)c5F)c4)c(C(N)=O)c3N)C2)C1.CC#CC(=O)N1CCC2(CC(n3nc(-c4cnn(Cc5ccccc5F)c4)c(C(N)=O)c3N)C2)C1. The van der Waals surface area contributed by atoms with Crippen LogP contribution in [0.4, 0.5) is 24.8 Å². The molecule has 2 aliphatic heterocycles. The lowest BCUT2D eigenvalue weighted by atomic mass is 9.65. The molecule has 72 heavy (non-hydrogen) atoms. The van der Waals surface area contributed by atoms with Crippen LogP contribution >= 0.6 is 0 Å². The minimum atomic E-state index is -0.936. The van der Waals surface area contributed by atoms with Crippen molar-refractivity contribution in [3.05, 3.63) is 107 Å². The molecule has 4 fully saturated rings. The number of halogens is 3. The van der Waals surface area contributed by atoms with Crippen molar-refractivity contribution in [2.24, 2.45) is 22.3 Å². The summed E-state index contributed by atoms with van der Waals surface area (Å²) in [5, 5.41) is 17.8. The summed E-state index contributed by atoms with van der Waals surface area (Å²) in [6.07, 6.45) is 11.2. The van der Waals surface area contributed by atoms with Crippen molar-refractivity contribution in [1.82, 2.24) is 48.9 Å². The molecule has 0 atom stereocenters. The second kappa shape index (κ2) is 19.8. The molecule has 2 aromatic carbocycles. The second-order valence-electron chi connectivity index (χ2n) is 18.8. The van der Waals surface area contributed by atoms with Crippen LogP contribution in [0.25, 0.3) is 22.5 Å². The molecular weight excluding hydrogens is 930 g/mol. The third-order valence-corrected chi connectivity index (χ3v) is 14.1. The normalized spacial score (nSPS) is 20.6. The maximum absolute atomic E-state index is 14.1. The molecule has 374 valence electrons. The Balaban J connectivity index is 0.000000190. The molecule has 4 amide bonds. The zero-order chi connectivity index (χ0) is 50.4. The van der Waals surface area contributed by atoms with E-state index >= 15 is 0 Å². The number of hydrogen-bond acceptors (Lipinski definition) is 10. The number of hydrogen-bond donors (Lipinski definition) is 4. The van der Waals surface area contributed by atoms with Crippen LogP contribution in [0.5, 0.6) is 0 Å². The van der Waals surface area contributed by atoms with Crippen molar-refractivity contribution in [2.75, 3.05) is 37.6 Å². The zero-order valence-corrected chi connectivity index (χ0v) is 39.0. The van der Waals surface area contributed by atoms with Gasteiger partial charge in [0.1, 0.15) is 40.0 Å². The summed E-state index contributed by atoms with van der Waals surface area (Å²) in [6.45, 7) is 6.17. The molecule has 0 bridgehead atoms. The first-order valence-electron chi connectivity index (χ1n) is 23.0. The lowest BCUT2D eigenvalue weighted by Crippen LogP contribution is -2.42. The van der Waals surface area contributed by atoms with Crippen molar-refractivity contribution >= 4 is 35.3 Å². The second-order valence-corrected chi connectivity index (χ2v) is 18.8. The monoisotopic (exact) mass is 984 g/mol. The number of carbonyl (C=O) groups is 4. The van der Waals surface area contributed by atoms with Crippen molar-refractivity contribution in [2.45, 2.75) is 85.0 Å². The van der Waals surface area contributed by atoms with Crippen LogP contribution in [-0.2, 0) is 22.7 Å². The van der Waals surface area contributed by atoms with Crippen molar-refractivity contribution in [1.29, 1.82) is 0 Å². The first-order chi connectivity index (χ1) is 34.0. The molecule has 10 rings (SSSR count). The van der Waals surface area contributed by atoms with Crippen molar-refractivity contribution in [3.8, 4) is 46.2 Å². The number of likely N-dealkylation sites (tertiary alicyclic amines) is 2. The van der Waals surface area contributed by atoms with Gasteiger partial charge in [0.05, 0.1) is 37.6 Å². The van der Waals surface area contributed by atoms with E-state index in [1.807, 2.05) is 0 Å². The fourth-order valence-corrected chi connectivity index (χ4v) is 10.6. The van der Waals surface area contributed by atoms with Gasteiger partial charge in [-0.15, -0.1) is 0 Å². The van der Waals surface area contributed by atoms with Crippen LogP contribution in [0.1, 0.15) is 104 Å². The van der Waals surface area contributed by atoms with Gasteiger partial charge < -0.3 is 32.7 Å². The topological polar surface area (TPSA) is 250 Å². The molecule has 2 saturated carbocycles. The molecule has 6 heterocycles. The van der Waals surface area contributed by atoms with Gasteiger partial charge in [-0.05, 0) is 87.2 Å². The van der Waals surface area contributed by atoms with E-state index in [2.05, 4.69) is 44.1 Å². The Morgan fingerprint density at radius 3 is 1.53 bits per heavy atom. The van der Waals surface area contributed by atoms with Crippen LogP contribution in [0.3, 0.4) is 0 Å². The highest BCUT2D eigenvalue weighted by Gasteiger charge is 2.52. The maximum Gasteiger partial charge on any atom is 0.298 e. The van der Waals surface area contributed by atoms with Crippen LogP contribution in [-0.4, -0.2) is 98.7 Å². The fraction of sp³-hybridized carbons (Fsp3) is 0.373. The van der Waals surface area contributed by atoms with E-state index in [0.717, 1.165) is 44.6 Å². The lowest BCUT2D eigenvalue weighted by Gasteiger charge is -2.45. The summed E-state index contributed by atoms with van der Waals surface area (Å²) < 4.78 is 48.0. The smallest absolute Gasteiger partial charge is 0.298 e. The van der Waals surface area contributed by atoms with Crippen LogP contribution in [0.15, 0.2) is 67.3 Å². The van der Waals surface area contributed by atoms with E-state index in [9.17, 15) is 32.3 Å². The molecular formula is C51H55F3N14O4. The third-order valence-electron chi connectivity index (χ3n) is 14.1. The number of carbonyl (C=O) groups excluding carboxylic acids is 4. The standard InChI is InChI=1S/C25H25F2N7O2.C25H26FN7O2.CH4/c1-2-4-19(35)32-8-7-25(14-32)9-17(10-25)34-23(28)20(24(29)36)22(31-34)16-11-30-33(13-16)12-15-5-3-6-18(26)21(15)27;1-2-5-20(34)31-9-8-25(15-31)10-18(11-25)33-23(27)21(24(28)35)22(30-33)17-12-29-32(14-17)13-16-6-3-4-7-19(16)26;/h3,5-6,11,13,17H,7-10,12,14,28H2,1H3,(H2,29,36);3-4,6-7,12,14,18H,8-11,13,15,27H2,1H3,(H2,28,35);1H4. The van der Waals surface area contributed by atoms with E-state index in [1.54, 1.807) is 74.5 Å². The average molecular weight is 985 g/mol. The summed E-state index contributed by atoms with van der Waals surface area (Å²) in [5.41, 5.74) is 26.6. The Hall–Kier alpha value is -8.33. The highest BCUT2D eigenvalue weighted by Crippen LogP contribution is 2.56. The molecule has 6 aromatic rings. The number of aromatic nitrogens is 8. The highest BCUT2D eigenvalue weighted by atomic mass is 19.2. The molecule has 0 unspecified atom stereocenters. The number of nitrogen functional groups attached to an aromatic ring is 2. The Bertz CT molecular complexity index is 3230. The number of nitrogens with two attached hydrogens (primary N) is 4. The summed E-state index contributed by atoms with van der Waals surface area (Å²) in [5.74, 6) is 7.01. The molecule has 2 saturated heterocycles. The van der Waals surface area contributed by atoms with Gasteiger partial charge in [0.15, 0.2) is 11.6 Å². The molecule has 0 radical (unpaired) electrons. The Morgan fingerprint density at radius 2 is 1.08 bits per heavy atom. The van der Waals surface area contributed by atoms with Gasteiger partial charge in [-0.2, -0.15) is 20.4 Å². The zero-order valence-electron chi connectivity index (χ0n) is 39.0. The van der Waals surface area contributed by atoms with Gasteiger partial charge in [-0.3, -0.25) is 28.5 Å². The maximum atomic E-state index is 14.1. The van der Waals surface area contributed by atoms with Gasteiger partial charge in [0.2, 0.25) is 0 Å². The van der Waals surface area contributed by atoms with E-state index in [-0.39, 0.29) is 95.1 Å². The minimum absolute atomic E-state index is 0. The molecule has 2 aliphatic carbocycles. The summed E-state index contributed by atoms with van der Waals surface area (Å²) in [4.78, 5) is 52.4. The molecule has 8 N–H and O–H groups in total. The third kappa shape index (κ3) is 9.49. The number of nitrogens with zero attached hydrogens (tertiary/aromatic N) is 10. The summed E-state index contributed by atoms with van der Waals surface area (Å²) in [6, 6.07) is 10.4. The molecule has 18 nitrogen and oxygen atoms in total. The van der Waals surface area contributed by atoms with Gasteiger partial charge in [-0.1, -0.05) is 49.6 Å². The number of benzene rings is 2. The summed E-state index contributed by atoms with van der Waals surface area (Å²) >= 11 is 0. The minimum Gasteiger partial charge on any atom is -0.383 e. The first-order valence-corrected chi connectivity index (χ1v) is 23.0. The Kier molecular flexibility index (Phi) is 13.8. The van der Waals surface area contributed by atoms with E-state index in [1.165, 1.54) is 29.1 Å². The van der Waals surface area contributed by atoms with E-state index < -0.39 is 23.4 Å². The molecule has 4 aliphatic rings. The van der Waals surface area contributed by atoms with Crippen molar-refractivity contribution < 1.29 is 32.3 Å². The Labute approximate surface area is 413 Å². The van der Waals surface area contributed by atoms with Crippen molar-refractivity contribution in [3.63, 3.8) is 0 Å². The predicted molar refractivity (Wildman–Crippen MR) is 261 cm³/mol. The molecule has 21 heteroatoms. The molecule has 2 spiro atoms. The number of rotatable bonds is 10. The quantitative estimate of drug-likeness (QED) is 0.131. The first kappa shape index (κ1) is 50.1. The number of anilines is 2. The van der Waals surface area contributed by atoms with Gasteiger partial charge in [0.25, 0.3) is 23.6 Å². The molecule has 4 aromatic heterocycles. The highest BCUT2D eigenvalue weighted by molar-refractivity contribution is 6.04. The van der Waals surface area contributed by atoms with Crippen LogP contribution in [0.2, 0.25) is 0 Å². The van der Waals surface area contributed by atoms with Crippen LogP contribution < -0.4 is 22.9 Å². The summed E-state index contributed by atoms with van der Waals surface area (Å²) in [7, 11) is 0. The fourth-order valence-electron chi connectivity index (χ4n) is 10.6. The largest absolute Gasteiger partial charge is 0.383 e. The lowest BCUT2D eigenvalue weighted by molar-refractivity contribution is -0.125. The van der Waals surface area contributed by atoms with Gasteiger partial charge >= 0.3 is 0 Å².